The Bertz CT molecular complexity index is 1370. The number of hydrogen-bond acceptors (Lipinski definition) is 3. The van der Waals surface area contributed by atoms with Gasteiger partial charge in [0.05, 0.1) is 24.1 Å². The van der Waals surface area contributed by atoms with Crippen molar-refractivity contribution in [3.8, 4) is 11.1 Å². The third-order valence-electron chi connectivity index (χ3n) is 7.14. The summed E-state index contributed by atoms with van der Waals surface area (Å²) in [7, 11) is 0. The Morgan fingerprint density at radius 3 is 2.28 bits per heavy atom. The number of rotatable bonds is 10. The van der Waals surface area contributed by atoms with E-state index in [0.717, 1.165) is 16.7 Å². The molecule has 3 aromatic rings. The van der Waals surface area contributed by atoms with Crippen LogP contribution in [0.1, 0.15) is 43.9 Å². The first kappa shape index (κ1) is 27.8. The van der Waals surface area contributed by atoms with Crippen LogP contribution in [0.25, 0.3) is 11.1 Å². The molecular weight excluding hydrogens is 493 g/mol. The fraction of sp³-hybridized carbons (Fsp3) is 0.281. The molecule has 0 aliphatic carbocycles. The zero-order valence-electron chi connectivity index (χ0n) is 22.3. The van der Waals surface area contributed by atoms with Crippen LogP contribution in [0.3, 0.4) is 0 Å². The molecule has 3 amide bonds. The van der Waals surface area contributed by atoms with Crippen LogP contribution in [0.15, 0.2) is 85.5 Å². The lowest BCUT2D eigenvalue weighted by Crippen LogP contribution is -2.47. The first-order chi connectivity index (χ1) is 18.7. The molecule has 3 N–H and O–H groups in total. The summed E-state index contributed by atoms with van der Waals surface area (Å²) in [5.41, 5.74) is 9.47. The molecule has 0 saturated heterocycles. The third kappa shape index (κ3) is 6.08. The second-order valence-corrected chi connectivity index (χ2v) is 10.4. The first-order valence-corrected chi connectivity index (χ1v) is 13.2. The molecule has 3 aromatic carbocycles. The molecule has 1 heterocycles. The smallest absolute Gasteiger partial charge is 0.254 e. The number of carbonyl (C=O) groups excluding carboxylic acids is 3. The molecule has 0 fully saturated rings. The van der Waals surface area contributed by atoms with Crippen LogP contribution in [0.4, 0.5) is 10.1 Å². The number of amides is 3. The summed E-state index contributed by atoms with van der Waals surface area (Å²) < 4.78 is 13.6. The van der Waals surface area contributed by atoms with Crippen molar-refractivity contribution in [3.05, 3.63) is 102 Å². The zero-order valence-corrected chi connectivity index (χ0v) is 22.3. The standard InChI is InChI=1S/C32H34FN3O3/c1-4-9-26(30(34)37)27(18-20(2)3)31(38)35-29-25-12-6-5-10-23(25)24-11-7-8-13-28(24)36(32(29)39)19-21-14-16-22(33)17-15-21/h4-8,10-17,20,26-27,29H,1,9,18-19H2,2-3H3,(H2,34,37)(H,35,38)/t26-,27+,29?/m0/s1. The minimum absolute atomic E-state index is 0.115. The molecule has 39 heavy (non-hydrogen) atoms. The van der Waals surface area contributed by atoms with E-state index in [1.165, 1.54) is 12.1 Å². The number of hydrogen-bond donors (Lipinski definition) is 2. The van der Waals surface area contributed by atoms with E-state index in [1.54, 1.807) is 23.1 Å². The van der Waals surface area contributed by atoms with Crippen molar-refractivity contribution in [2.24, 2.45) is 23.5 Å². The molecule has 4 rings (SSSR count). The summed E-state index contributed by atoms with van der Waals surface area (Å²) in [6.45, 7) is 7.86. The molecule has 1 unspecified atom stereocenters. The second kappa shape index (κ2) is 12.1. The molecule has 7 heteroatoms. The van der Waals surface area contributed by atoms with Crippen molar-refractivity contribution in [1.29, 1.82) is 0 Å². The van der Waals surface area contributed by atoms with Gasteiger partial charge >= 0.3 is 0 Å². The summed E-state index contributed by atoms with van der Waals surface area (Å²) >= 11 is 0. The second-order valence-electron chi connectivity index (χ2n) is 10.4. The number of halogens is 1. The lowest BCUT2D eigenvalue weighted by molar-refractivity contribution is -0.135. The van der Waals surface area contributed by atoms with Gasteiger partial charge in [-0.1, -0.05) is 74.5 Å². The molecule has 0 saturated carbocycles. The maximum Gasteiger partial charge on any atom is 0.254 e. The average molecular weight is 528 g/mol. The summed E-state index contributed by atoms with van der Waals surface area (Å²) in [5.74, 6) is -3.02. The molecule has 3 atom stereocenters. The van der Waals surface area contributed by atoms with Gasteiger partial charge in [0.2, 0.25) is 11.8 Å². The monoisotopic (exact) mass is 527 g/mol. The number of primary amides is 1. The predicted molar refractivity (Wildman–Crippen MR) is 151 cm³/mol. The Balaban J connectivity index is 1.78. The maximum atomic E-state index is 14.3. The van der Waals surface area contributed by atoms with Gasteiger partial charge in [0, 0.05) is 5.56 Å². The molecule has 1 aliphatic heterocycles. The normalized spacial score (nSPS) is 16.1. The number of nitrogens with two attached hydrogens (primary N) is 1. The molecule has 0 radical (unpaired) electrons. The topological polar surface area (TPSA) is 92.5 Å². The van der Waals surface area contributed by atoms with Crippen LogP contribution in [-0.4, -0.2) is 17.7 Å². The van der Waals surface area contributed by atoms with E-state index >= 15 is 0 Å². The number of benzene rings is 3. The summed E-state index contributed by atoms with van der Waals surface area (Å²) in [5, 5.41) is 2.99. The number of nitrogens with one attached hydrogen (secondary N) is 1. The van der Waals surface area contributed by atoms with E-state index < -0.39 is 29.7 Å². The summed E-state index contributed by atoms with van der Waals surface area (Å²) in [6.07, 6.45) is 2.27. The molecule has 0 spiro atoms. The highest BCUT2D eigenvalue weighted by Crippen LogP contribution is 2.41. The molecule has 6 nitrogen and oxygen atoms in total. The highest BCUT2D eigenvalue weighted by Gasteiger charge is 2.38. The van der Waals surface area contributed by atoms with Gasteiger partial charge in [-0.2, -0.15) is 0 Å². The number of fused-ring (bicyclic) bond motifs is 3. The average Bonchev–Trinajstić information content (AvgIpc) is 3.01. The molecular formula is C32H34FN3O3. The van der Waals surface area contributed by atoms with E-state index in [1.807, 2.05) is 62.4 Å². The molecule has 202 valence electrons. The van der Waals surface area contributed by atoms with Gasteiger partial charge in [0.25, 0.3) is 5.91 Å². The van der Waals surface area contributed by atoms with Gasteiger partial charge in [-0.25, -0.2) is 4.39 Å². The summed E-state index contributed by atoms with van der Waals surface area (Å²) in [6, 6.07) is 20.1. The van der Waals surface area contributed by atoms with Gasteiger partial charge in [0.1, 0.15) is 11.9 Å². The van der Waals surface area contributed by atoms with Crippen LogP contribution >= 0.6 is 0 Å². The lowest BCUT2D eigenvalue weighted by Gasteiger charge is -2.30. The van der Waals surface area contributed by atoms with Gasteiger partial charge in [-0.3, -0.25) is 14.4 Å². The Labute approximate surface area is 228 Å². The quantitative estimate of drug-likeness (QED) is 0.339. The SMILES string of the molecule is C=CC[C@H](C(N)=O)[C@@H](CC(C)C)C(=O)NC1C(=O)N(Cc2ccc(F)cc2)c2ccccc2-c2ccccc21. The fourth-order valence-electron chi connectivity index (χ4n) is 5.28. The van der Waals surface area contributed by atoms with Gasteiger partial charge in [0.15, 0.2) is 0 Å². The van der Waals surface area contributed by atoms with Crippen molar-refractivity contribution in [1.82, 2.24) is 5.32 Å². The number of carbonyl (C=O) groups is 3. The van der Waals surface area contributed by atoms with Crippen LogP contribution < -0.4 is 16.0 Å². The van der Waals surface area contributed by atoms with E-state index in [0.29, 0.717) is 17.7 Å². The van der Waals surface area contributed by atoms with Gasteiger partial charge < -0.3 is 16.0 Å². The van der Waals surface area contributed by atoms with E-state index in [-0.39, 0.29) is 30.6 Å². The number of para-hydroxylation sites is 1. The summed E-state index contributed by atoms with van der Waals surface area (Å²) in [4.78, 5) is 42.1. The minimum atomic E-state index is -1.01. The number of anilines is 1. The van der Waals surface area contributed by atoms with Crippen LogP contribution in [0, 0.1) is 23.6 Å². The first-order valence-electron chi connectivity index (χ1n) is 13.2. The van der Waals surface area contributed by atoms with Crippen LogP contribution in [-0.2, 0) is 20.9 Å². The van der Waals surface area contributed by atoms with Crippen LogP contribution in [0.5, 0.6) is 0 Å². The predicted octanol–water partition coefficient (Wildman–Crippen LogP) is 5.54. The largest absolute Gasteiger partial charge is 0.369 e. The zero-order chi connectivity index (χ0) is 28.1. The van der Waals surface area contributed by atoms with E-state index in [4.69, 9.17) is 5.73 Å². The lowest BCUT2D eigenvalue weighted by atomic mass is 9.82. The van der Waals surface area contributed by atoms with Crippen molar-refractivity contribution < 1.29 is 18.8 Å². The van der Waals surface area contributed by atoms with Crippen molar-refractivity contribution in [2.45, 2.75) is 39.3 Å². The van der Waals surface area contributed by atoms with Crippen molar-refractivity contribution in [2.75, 3.05) is 4.90 Å². The Morgan fingerprint density at radius 1 is 1.00 bits per heavy atom. The Morgan fingerprint density at radius 2 is 1.64 bits per heavy atom. The molecule has 0 aromatic heterocycles. The third-order valence-corrected chi connectivity index (χ3v) is 7.14. The van der Waals surface area contributed by atoms with Gasteiger partial charge in [-0.15, -0.1) is 6.58 Å². The van der Waals surface area contributed by atoms with Gasteiger partial charge in [-0.05, 0) is 53.6 Å². The van der Waals surface area contributed by atoms with Crippen LogP contribution in [0.2, 0.25) is 0 Å². The van der Waals surface area contributed by atoms with E-state index in [9.17, 15) is 18.8 Å². The molecule has 1 aliphatic rings. The number of nitrogens with zero attached hydrogens (tertiary/aromatic N) is 1. The Hall–Kier alpha value is -4.26. The van der Waals surface area contributed by atoms with Crippen molar-refractivity contribution >= 4 is 23.4 Å². The highest BCUT2D eigenvalue weighted by atomic mass is 19.1. The number of allylic oxidation sites excluding steroid dienone is 1. The van der Waals surface area contributed by atoms with E-state index in [2.05, 4.69) is 11.9 Å². The molecule has 0 bridgehead atoms. The minimum Gasteiger partial charge on any atom is -0.369 e. The highest BCUT2D eigenvalue weighted by molar-refractivity contribution is 6.06. The van der Waals surface area contributed by atoms with Crippen molar-refractivity contribution in [3.63, 3.8) is 0 Å². The Kier molecular flexibility index (Phi) is 8.59. The fourth-order valence-corrected chi connectivity index (χ4v) is 5.28. The maximum absolute atomic E-state index is 14.3.